The van der Waals surface area contributed by atoms with Crippen molar-refractivity contribution in [2.45, 2.75) is 26.2 Å². The fourth-order valence-electron chi connectivity index (χ4n) is 1.01. The van der Waals surface area contributed by atoms with E-state index < -0.39 is 17.9 Å². The normalized spacial score (nSPS) is 10.9. The Labute approximate surface area is 89.9 Å². The highest BCUT2D eigenvalue weighted by Crippen LogP contribution is 2.10. The number of carbonyl (C=O) groups excluding carboxylic acids is 2. The third-order valence-electron chi connectivity index (χ3n) is 1.83. The van der Waals surface area contributed by atoms with Gasteiger partial charge in [0.1, 0.15) is 0 Å². The lowest BCUT2D eigenvalue weighted by Crippen LogP contribution is -2.20. The van der Waals surface area contributed by atoms with Gasteiger partial charge in [0.15, 0.2) is 0 Å². The van der Waals surface area contributed by atoms with E-state index in [1.165, 1.54) is 14.2 Å². The second-order valence-corrected chi connectivity index (χ2v) is 2.91. The first kappa shape index (κ1) is 13.5. The van der Waals surface area contributed by atoms with Crippen LogP contribution in [0.5, 0.6) is 0 Å². The minimum atomic E-state index is -0.526. The molecule has 1 atom stereocenters. The van der Waals surface area contributed by atoms with Crippen LogP contribution in [0.25, 0.3) is 0 Å². The molecule has 0 aliphatic carbocycles. The molecule has 0 radical (unpaired) electrons. The summed E-state index contributed by atoms with van der Waals surface area (Å²) in [5.74, 6) is 4.28. The van der Waals surface area contributed by atoms with Crippen molar-refractivity contribution in [2.24, 2.45) is 5.92 Å². The molecule has 0 aliphatic heterocycles. The molecule has 0 spiro atoms. The molecule has 0 amide bonds. The van der Waals surface area contributed by atoms with Crippen LogP contribution < -0.4 is 0 Å². The zero-order valence-corrected chi connectivity index (χ0v) is 9.33. The van der Waals surface area contributed by atoms with Gasteiger partial charge in [-0.25, -0.2) is 0 Å². The van der Waals surface area contributed by atoms with Crippen LogP contribution in [0.3, 0.4) is 0 Å². The molecule has 0 rings (SSSR count). The van der Waals surface area contributed by atoms with Crippen LogP contribution in [-0.4, -0.2) is 26.2 Å². The van der Waals surface area contributed by atoms with Gasteiger partial charge < -0.3 is 9.47 Å². The van der Waals surface area contributed by atoms with Crippen molar-refractivity contribution in [3.05, 3.63) is 0 Å². The zero-order valence-electron chi connectivity index (χ0n) is 9.33. The maximum atomic E-state index is 11.3. The Bertz CT molecular complexity index is 272. The standard InChI is InChI=1S/C11H16O4/c1-4-5-6-7-9(11(13)15-3)8-10(12)14-2/h9H,4,7-8H2,1-3H3. The highest BCUT2D eigenvalue weighted by molar-refractivity contribution is 5.80. The number of methoxy groups -OCH3 is 2. The molecular formula is C11H16O4. The van der Waals surface area contributed by atoms with E-state index in [1.807, 2.05) is 6.92 Å². The van der Waals surface area contributed by atoms with Crippen molar-refractivity contribution in [2.75, 3.05) is 14.2 Å². The predicted octanol–water partition coefficient (Wildman–Crippen LogP) is 1.14. The predicted molar refractivity (Wildman–Crippen MR) is 54.8 cm³/mol. The van der Waals surface area contributed by atoms with Crippen molar-refractivity contribution >= 4 is 11.9 Å². The molecule has 0 saturated carbocycles. The summed E-state index contributed by atoms with van der Waals surface area (Å²) in [6.07, 6.45) is 1.07. The summed E-state index contributed by atoms with van der Waals surface area (Å²) in [6, 6.07) is 0. The van der Waals surface area contributed by atoms with Crippen LogP contribution >= 0.6 is 0 Å². The van der Waals surface area contributed by atoms with Gasteiger partial charge in [-0.3, -0.25) is 9.59 Å². The summed E-state index contributed by atoms with van der Waals surface area (Å²) in [5.41, 5.74) is 0. The van der Waals surface area contributed by atoms with E-state index in [-0.39, 0.29) is 6.42 Å². The Morgan fingerprint density at radius 2 is 1.87 bits per heavy atom. The third kappa shape index (κ3) is 5.74. The van der Waals surface area contributed by atoms with Gasteiger partial charge in [0, 0.05) is 12.8 Å². The molecule has 0 N–H and O–H groups in total. The molecule has 1 unspecified atom stereocenters. The molecule has 84 valence electrons. The lowest BCUT2D eigenvalue weighted by molar-refractivity contribution is -0.151. The monoisotopic (exact) mass is 212 g/mol. The molecule has 4 nitrogen and oxygen atoms in total. The van der Waals surface area contributed by atoms with E-state index in [1.54, 1.807) is 0 Å². The molecule has 0 saturated heterocycles. The first-order valence-electron chi connectivity index (χ1n) is 4.76. The van der Waals surface area contributed by atoms with Crippen molar-refractivity contribution in [1.82, 2.24) is 0 Å². The van der Waals surface area contributed by atoms with Gasteiger partial charge in [-0.05, 0) is 0 Å². The number of hydrogen-bond acceptors (Lipinski definition) is 4. The fraction of sp³-hybridized carbons (Fsp3) is 0.636. The SMILES string of the molecule is CCC#CCC(CC(=O)OC)C(=O)OC. The first-order valence-corrected chi connectivity index (χ1v) is 4.76. The summed E-state index contributed by atoms with van der Waals surface area (Å²) in [5, 5.41) is 0. The minimum Gasteiger partial charge on any atom is -0.469 e. The lowest BCUT2D eigenvalue weighted by Gasteiger charge is -2.09. The Hall–Kier alpha value is -1.50. The highest BCUT2D eigenvalue weighted by Gasteiger charge is 2.21. The number of ether oxygens (including phenoxy) is 2. The second kappa shape index (κ2) is 7.86. The minimum absolute atomic E-state index is 0.0154. The molecule has 0 aromatic heterocycles. The molecule has 0 aromatic rings. The van der Waals surface area contributed by atoms with Gasteiger partial charge in [0.2, 0.25) is 0 Å². The van der Waals surface area contributed by atoms with Crippen molar-refractivity contribution in [1.29, 1.82) is 0 Å². The van der Waals surface area contributed by atoms with Crippen molar-refractivity contribution in [3.63, 3.8) is 0 Å². The van der Waals surface area contributed by atoms with E-state index in [2.05, 4.69) is 21.3 Å². The molecule has 0 fully saturated rings. The van der Waals surface area contributed by atoms with Gasteiger partial charge in [0.05, 0.1) is 26.6 Å². The molecule has 4 heteroatoms. The highest BCUT2D eigenvalue weighted by atomic mass is 16.5. The smallest absolute Gasteiger partial charge is 0.310 e. The quantitative estimate of drug-likeness (QED) is 0.518. The molecule has 0 aliphatic rings. The van der Waals surface area contributed by atoms with Gasteiger partial charge in [-0.2, -0.15) is 0 Å². The van der Waals surface area contributed by atoms with Crippen LogP contribution in [0.1, 0.15) is 26.2 Å². The Kier molecular flexibility index (Phi) is 7.08. The van der Waals surface area contributed by atoms with Gasteiger partial charge >= 0.3 is 11.9 Å². The van der Waals surface area contributed by atoms with Crippen LogP contribution in [0.4, 0.5) is 0 Å². The number of esters is 2. The molecule has 0 bridgehead atoms. The molecule has 15 heavy (non-hydrogen) atoms. The Morgan fingerprint density at radius 3 is 2.33 bits per heavy atom. The van der Waals surface area contributed by atoms with Crippen molar-refractivity contribution < 1.29 is 19.1 Å². The number of hydrogen-bond donors (Lipinski definition) is 0. The fourth-order valence-corrected chi connectivity index (χ4v) is 1.01. The van der Waals surface area contributed by atoms with Crippen LogP contribution in [0, 0.1) is 17.8 Å². The average Bonchev–Trinajstić information content (AvgIpc) is 2.26. The summed E-state index contributed by atoms with van der Waals surface area (Å²) in [7, 11) is 2.58. The summed E-state index contributed by atoms with van der Waals surface area (Å²) >= 11 is 0. The summed E-state index contributed by atoms with van der Waals surface area (Å²) in [4.78, 5) is 22.3. The third-order valence-corrected chi connectivity index (χ3v) is 1.83. The number of rotatable bonds is 4. The van der Waals surface area contributed by atoms with Crippen LogP contribution in [-0.2, 0) is 19.1 Å². The molecule has 0 heterocycles. The zero-order chi connectivity index (χ0) is 11.7. The Balaban J connectivity index is 4.31. The van der Waals surface area contributed by atoms with Gasteiger partial charge in [-0.1, -0.05) is 6.92 Å². The Morgan fingerprint density at radius 1 is 1.20 bits per heavy atom. The lowest BCUT2D eigenvalue weighted by atomic mass is 10.0. The van der Waals surface area contributed by atoms with E-state index in [0.717, 1.165) is 6.42 Å². The second-order valence-electron chi connectivity index (χ2n) is 2.91. The van der Waals surface area contributed by atoms with Gasteiger partial charge in [-0.15, -0.1) is 11.8 Å². The van der Waals surface area contributed by atoms with E-state index in [9.17, 15) is 9.59 Å². The summed E-state index contributed by atoms with van der Waals surface area (Å²) < 4.78 is 9.06. The van der Waals surface area contributed by atoms with E-state index in [0.29, 0.717) is 6.42 Å². The van der Waals surface area contributed by atoms with Gasteiger partial charge in [0.25, 0.3) is 0 Å². The topological polar surface area (TPSA) is 52.6 Å². The average molecular weight is 212 g/mol. The van der Waals surface area contributed by atoms with E-state index in [4.69, 9.17) is 0 Å². The summed E-state index contributed by atoms with van der Waals surface area (Å²) in [6.45, 7) is 1.92. The maximum absolute atomic E-state index is 11.3. The van der Waals surface area contributed by atoms with E-state index >= 15 is 0 Å². The maximum Gasteiger partial charge on any atom is 0.310 e. The van der Waals surface area contributed by atoms with Crippen molar-refractivity contribution in [3.8, 4) is 11.8 Å². The molecular weight excluding hydrogens is 196 g/mol. The largest absolute Gasteiger partial charge is 0.469 e. The number of carbonyl (C=O) groups is 2. The first-order chi connectivity index (χ1) is 7.15. The van der Waals surface area contributed by atoms with Crippen LogP contribution in [0.15, 0.2) is 0 Å². The molecule has 0 aromatic carbocycles. The van der Waals surface area contributed by atoms with Crippen LogP contribution in [0.2, 0.25) is 0 Å².